The van der Waals surface area contributed by atoms with Crippen LogP contribution in [0.5, 0.6) is 0 Å². The average molecular weight is 328 g/mol. The third-order valence-electron chi connectivity index (χ3n) is 4.52. The highest BCUT2D eigenvalue weighted by Crippen LogP contribution is 2.23. The lowest BCUT2D eigenvalue weighted by Gasteiger charge is -2.26. The van der Waals surface area contributed by atoms with Crippen molar-refractivity contribution in [2.75, 3.05) is 13.1 Å². The number of thiophene rings is 1. The fourth-order valence-electron chi connectivity index (χ4n) is 3.06. The molecule has 3 nitrogen and oxygen atoms in total. The molecule has 1 N–H and O–H groups in total. The molecule has 2 aromatic rings. The lowest BCUT2D eigenvalue weighted by molar-refractivity contribution is -0.123. The van der Waals surface area contributed by atoms with E-state index in [9.17, 15) is 4.79 Å². The van der Waals surface area contributed by atoms with E-state index >= 15 is 0 Å². The van der Waals surface area contributed by atoms with Gasteiger partial charge in [0.25, 0.3) is 0 Å². The predicted octanol–water partition coefficient (Wildman–Crippen LogP) is 3.55. The van der Waals surface area contributed by atoms with Crippen LogP contribution in [0.1, 0.15) is 41.5 Å². The number of carbonyl (C=O) groups is 1. The highest BCUT2D eigenvalue weighted by Gasteiger charge is 2.20. The standard InChI is InChI=1S/C19H24N2OS/c1-3-15-4-6-16(7-5-15)14(2)20-19(22)13-21-10-8-18-17(12-21)9-11-23-18/h4-7,9,11,14H,3,8,10,12-13H2,1-2H3,(H,20,22)/t14-/m1/s1. The summed E-state index contributed by atoms with van der Waals surface area (Å²) in [5.41, 5.74) is 3.87. The van der Waals surface area contributed by atoms with Crippen LogP contribution in [0.3, 0.4) is 0 Å². The third kappa shape index (κ3) is 4.01. The molecule has 0 bridgehead atoms. The van der Waals surface area contributed by atoms with Crippen LogP contribution in [0.25, 0.3) is 0 Å². The van der Waals surface area contributed by atoms with Gasteiger partial charge in [0.05, 0.1) is 12.6 Å². The van der Waals surface area contributed by atoms with Crippen LogP contribution in [0.15, 0.2) is 35.7 Å². The lowest BCUT2D eigenvalue weighted by atomic mass is 10.0. The van der Waals surface area contributed by atoms with E-state index in [4.69, 9.17) is 0 Å². The van der Waals surface area contributed by atoms with E-state index in [0.29, 0.717) is 6.54 Å². The molecule has 3 rings (SSSR count). The molecule has 122 valence electrons. The first kappa shape index (κ1) is 16.2. The smallest absolute Gasteiger partial charge is 0.234 e. The molecule has 1 aliphatic heterocycles. The van der Waals surface area contributed by atoms with Crippen molar-refractivity contribution >= 4 is 17.2 Å². The molecule has 23 heavy (non-hydrogen) atoms. The molecule has 0 saturated carbocycles. The normalized spacial score (nSPS) is 15.9. The number of carbonyl (C=O) groups excluding carboxylic acids is 1. The van der Waals surface area contributed by atoms with Crippen molar-refractivity contribution in [2.24, 2.45) is 0 Å². The molecule has 0 aliphatic carbocycles. The highest BCUT2D eigenvalue weighted by molar-refractivity contribution is 7.10. The van der Waals surface area contributed by atoms with E-state index in [1.165, 1.54) is 16.0 Å². The Bertz CT molecular complexity index is 662. The second-order valence-electron chi connectivity index (χ2n) is 6.21. The van der Waals surface area contributed by atoms with Crippen molar-refractivity contribution in [1.82, 2.24) is 10.2 Å². The number of aryl methyl sites for hydroxylation is 1. The summed E-state index contributed by atoms with van der Waals surface area (Å²) in [4.78, 5) is 16.0. The van der Waals surface area contributed by atoms with Gasteiger partial charge in [0.15, 0.2) is 0 Å². The Kier molecular flexibility index (Phi) is 5.13. The number of fused-ring (bicyclic) bond motifs is 1. The van der Waals surface area contributed by atoms with Crippen molar-refractivity contribution in [2.45, 2.75) is 39.3 Å². The molecule has 0 fully saturated rings. The van der Waals surface area contributed by atoms with E-state index in [1.54, 1.807) is 0 Å². The van der Waals surface area contributed by atoms with Gasteiger partial charge in [0.2, 0.25) is 5.91 Å². The van der Waals surface area contributed by atoms with Gasteiger partial charge in [-0.05, 0) is 47.9 Å². The minimum absolute atomic E-state index is 0.0508. The van der Waals surface area contributed by atoms with Crippen LogP contribution in [-0.2, 0) is 24.2 Å². The summed E-state index contributed by atoms with van der Waals surface area (Å²) in [5.74, 6) is 0.107. The summed E-state index contributed by atoms with van der Waals surface area (Å²) in [7, 11) is 0. The average Bonchev–Trinajstić information content (AvgIpc) is 3.02. The summed E-state index contributed by atoms with van der Waals surface area (Å²) in [6.45, 7) is 6.54. The van der Waals surface area contributed by atoms with Crippen LogP contribution < -0.4 is 5.32 Å². The Balaban J connectivity index is 1.52. The fraction of sp³-hybridized carbons (Fsp3) is 0.421. The Morgan fingerprint density at radius 1 is 1.30 bits per heavy atom. The molecule has 1 amide bonds. The number of nitrogens with one attached hydrogen (secondary N) is 1. The maximum absolute atomic E-state index is 12.3. The molecular weight excluding hydrogens is 304 g/mol. The maximum Gasteiger partial charge on any atom is 0.234 e. The number of rotatable bonds is 5. The summed E-state index contributed by atoms with van der Waals surface area (Å²) >= 11 is 1.83. The van der Waals surface area contributed by atoms with Crippen molar-refractivity contribution in [3.63, 3.8) is 0 Å². The summed E-state index contributed by atoms with van der Waals surface area (Å²) in [6, 6.07) is 10.7. The van der Waals surface area contributed by atoms with Crippen LogP contribution in [0.4, 0.5) is 0 Å². The quantitative estimate of drug-likeness (QED) is 0.910. The second-order valence-corrected chi connectivity index (χ2v) is 7.21. The molecule has 1 aliphatic rings. The number of benzene rings is 1. The van der Waals surface area contributed by atoms with Crippen molar-refractivity contribution in [3.8, 4) is 0 Å². The summed E-state index contributed by atoms with van der Waals surface area (Å²) < 4.78 is 0. The van der Waals surface area contributed by atoms with Crippen LogP contribution in [0, 0.1) is 0 Å². The first-order valence-corrected chi connectivity index (χ1v) is 9.19. The fourth-order valence-corrected chi connectivity index (χ4v) is 3.95. The molecular formula is C19H24N2OS. The zero-order chi connectivity index (χ0) is 16.2. The van der Waals surface area contributed by atoms with Crippen LogP contribution >= 0.6 is 11.3 Å². The molecule has 0 unspecified atom stereocenters. The molecule has 1 aromatic heterocycles. The Labute approximate surface area is 142 Å². The van der Waals surface area contributed by atoms with Gasteiger partial charge in [-0.3, -0.25) is 9.69 Å². The SMILES string of the molecule is CCc1ccc([C@@H](C)NC(=O)CN2CCc3sccc3C2)cc1. The number of amides is 1. The first-order valence-electron chi connectivity index (χ1n) is 8.31. The van der Waals surface area contributed by atoms with Gasteiger partial charge >= 0.3 is 0 Å². The van der Waals surface area contributed by atoms with E-state index in [2.05, 4.69) is 52.9 Å². The predicted molar refractivity (Wildman–Crippen MR) is 95.7 cm³/mol. The van der Waals surface area contributed by atoms with Gasteiger partial charge in [-0.1, -0.05) is 31.2 Å². The summed E-state index contributed by atoms with van der Waals surface area (Å²) in [6.07, 6.45) is 2.11. The van der Waals surface area contributed by atoms with Crippen molar-refractivity contribution in [3.05, 3.63) is 57.3 Å². The Morgan fingerprint density at radius 3 is 2.83 bits per heavy atom. The highest BCUT2D eigenvalue weighted by atomic mass is 32.1. The molecule has 1 aromatic carbocycles. The Hall–Kier alpha value is -1.65. The van der Waals surface area contributed by atoms with Gasteiger partial charge in [-0.2, -0.15) is 0 Å². The van der Waals surface area contributed by atoms with Crippen LogP contribution in [-0.4, -0.2) is 23.9 Å². The minimum atomic E-state index is 0.0508. The van der Waals surface area contributed by atoms with E-state index in [1.807, 2.05) is 18.3 Å². The first-order chi connectivity index (χ1) is 11.2. The van der Waals surface area contributed by atoms with Crippen molar-refractivity contribution < 1.29 is 4.79 Å². The van der Waals surface area contributed by atoms with E-state index in [-0.39, 0.29) is 11.9 Å². The number of hydrogen-bond acceptors (Lipinski definition) is 3. The maximum atomic E-state index is 12.3. The molecule has 0 saturated heterocycles. The van der Waals surface area contributed by atoms with Gasteiger partial charge in [-0.25, -0.2) is 0 Å². The summed E-state index contributed by atoms with van der Waals surface area (Å²) in [5, 5.41) is 5.27. The topological polar surface area (TPSA) is 32.3 Å². The largest absolute Gasteiger partial charge is 0.348 e. The third-order valence-corrected chi connectivity index (χ3v) is 5.54. The lowest BCUT2D eigenvalue weighted by Crippen LogP contribution is -2.40. The van der Waals surface area contributed by atoms with Gasteiger partial charge in [-0.15, -0.1) is 11.3 Å². The zero-order valence-corrected chi connectivity index (χ0v) is 14.7. The monoisotopic (exact) mass is 328 g/mol. The van der Waals surface area contributed by atoms with Crippen molar-refractivity contribution in [1.29, 1.82) is 0 Å². The van der Waals surface area contributed by atoms with Gasteiger partial charge in [0, 0.05) is 18.0 Å². The van der Waals surface area contributed by atoms with E-state index in [0.717, 1.165) is 31.5 Å². The van der Waals surface area contributed by atoms with Gasteiger partial charge < -0.3 is 5.32 Å². The van der Waals surface area contributed by atoms with Crippen LogP contribution in [0.2, 0.25) is 0 Å². The molecule has 4 heteroatoms. The van der Waals surface area contributed by atoms with Gasteiger partial charge in [0.1, 0.15) is 0 Å². The number of nitrogens with zero attached hydrogens (tertiary/aromatic N) is 1. The number of hydrogen-bond donors (Lipinski definition) is 1. The van der Waals surface area contributed by atoms with E-state index < -0.39 is 0 Å². The minimum Gasteiger partial charge on any atom is -0.348 e. The molecule has 1 atom stereocenters. The Morgan fingerprint density at radius 2 is 2.09 bits per heavy atom. The zero-order valence-electron chi connectivity index (χ0n) is 13.8. The molecule has 0 radical (unpaired) electrons. The molecule has 0 spiro atoms. The second kappa shape index (κ2) is 7.28. The molecule has 2 heterocycles.